The summed E-state index contributed by atoms with van der Waals surface area (Å²) in [5.74, 6) is 0. The van der Waals surface area contributed by atoms with E-state index in [-0.39, 0.29) is 11.4 Å². The number of rotatable bonds is 7. The summed E-state index contributed by atoms with van der Waals surface area (Å²) < 4.78 is 31.6. The van der Waals surface area contributed by atoms with E-state index in [0.29, 0.717) is 0 Å². The fourth-order valence-electron chi connectivity index (χ4n) is 1.71. The average molecular weight is 294 g/mol. The van der Waals surface area contributed by atoms with Gasteiger partial charge in [0.05, 0.1) is 17.4 Å². The summed E-state index contributed by atoms with van der Waals surface area (Å²) in [5.41, 5.74) is 1.85. The standard InChI is InChI=1S/C14H18N2O3S/c1-2-15-9-12-3-5-14(6-4-12)20(17,18)16-10-13-7-8-19-11-13/h3-8,11,15-16H,2,9-10H2,1H3. The van der Waals surface area contributed by atoms with Gasteiger partial charge in [-0.3, -0.25) is 0 Å². The van der Waals surface area contributed by atoms with Crippen LogP contribution in [0.15, 0.2) is 52.2 Å². The Labute approximate surface area is 119 Å². The van der Waals surface area contributed by atoms with Crippen LogP contribution in [-0.2, 0) is 23.1 Å². The van der Waals surface area contributed by atoms with Gasteiger partial charge in [0.15, 0.2) is 0 Å². The molecule has 0 saturated carbocycles. The van der Waals surface area contributed by atoms with Crippen LogP contribution < -0.4 is 10.0 Å². The molecule has 0 spiro atoms. The highest BCUT2D eigenvalue weighted by Crippen LogP contribution is 2.11. The Morgan fingerprint density at radius 1 is 1.05 bits per heavy atom. The Morgan fingerprint density at radius 3 is 2.40 bits per heavy atom. The first kappa shape index (κ1) is 14.8. The molecule has 2 aromatic rings. The van der Waals surface area contributed by atoms with Gasteiger partial charge in [0.1, 0.15) is 0 Å². The van der Waals surface area contributed by atoms with Gasteiger partial charge >= 0.3 is 0 Å². The Hall–Kier alpha value is -1.63. The molecule has 6 heteroatoms. The van der Waals surface area contributed by atoms with E-state index >= 15 is 0 Å². The van der Waals surface area contributed by atoms with E-state index < -0.39 is 10.0 Å². The molecule has 0 unspecified atom stereocenters. The van der Waals surface area contributed by atoms with Crippen LogP contribution in [0.1, 0.15) is 18.1 Å². The summed E-state index contributed by atoms with van der Waals surface area (Å²) >= 11 is 0. The fourth-order valence-corrected chi connectivity index (χ4v) is 2.73. The molecule has 1 aromatic carbocycles. The minimum absolute atomic E-state index is 0.220. The smallest absolute Gasteiger partial charge is 0.240 e. The molecule has 1 aromatic heterocycles. The van der Waals surface area contributed by atoms with E-state index in [4.69, 9.17) is 4.42 Å². The first-order chi connectivity index (χ1) is 9.62. The molecule has 0 fully saturated rings. The third-order valence-corrected chi connectivity index (χ3v) is 4.28. The second-order valence-electron chi connectivity index (χ2n) is 4.38. The Morgan fingerprint density at radius 2 is 1.80 bits per heavy atom. The van der Waals surface area contributed by atoms with Gasteiger partial charge in [-0.2, -0.15) is 0 Å². The molecular weight excluding hydrogens is 276 g/mol. The predicted octanol–water partition coefficient (Wildman–Crippen LogP) is 1.87. The summed E-state index contributed by atoms with van der Waals surface area (Å²) in [4.78, 5) is 0.265. The zero-order valence-corrected chi connectivity index (χ0v) is 12.1. The maximum atomic E-state index is 12.1. The highest BCUT2D eigenvalue weighted by atomic mass is 32.2. The molecule has 5 nitrogen and oxygen atoms in total. The second kappa shape index (κ2) is 6.69. The van der Waals surface area contributed by atoms with Crippen molar-refractivity contribution in [1.82, 2.24) is 10.0 Å². The molecule has 0 aliphatic carbocycles. The van der Waals surface area contributed by atoms with E-state index in [1.54, 1.807) is 18.2 Å². The van der Waals surface area contributed by atoms with E-state index in [1.807, 2.05) is 19.1 Å². The van der Waals surface area contributed by atoms with Crippen LogP contribution in [-0.4, -0.2) is 15.0 Å². The maximum Gasteiger partial charge on any atom is 0.240 e. The number of nitrogens with one attached hydrogen (secondary N) is 2. The molecule has 108 valence electrons. The highest BCUT2D eigenvalue weighted by molar-refractivity contribution is 7.89. The Kier molecular flexibility index (Phi) is 4.94. The van der Waals surface area contributed by atoms with Crippen molar-refractivity contribution in [2.75, 3.05) is 6.54 Å². The first-order valence-corrected chi connectivity index (χ1v) is 7.90. The van der Waals surface area contributed by atoms with Crippen LogP contribution in [0.4, 0.5) is 0 Å². The van der Waals surface area contributed by atoms with E-state index in [0.717, 1.165) is 24.2 Å². The maximum absolute atomic E-state index is 12.1. The largest absolute Gasteiger partial charge is 0.472 e. The van der Waals surface area contributed by atoms with E-state index in [1.165, 1.54) is 12.5 Å². The molecule has 0 saturated heterocycles. The van der Waals surface area contributed by atoms with Gasteiger partial charge in [-0.05, 0) is 30.3 Å². The zero-order chi connectivity index (χ0) is 14.4. The molecule has 2 rings (SSSR count). The minimum Gasteiger partial charge on any atom is -0.472 e. The van der Waals surface area contributed by atoms with Crippen molar-refractivity contribution in [2.24, 2.45) is 0 Å². The van der Waals surface area contributed by atoms with Gasteiger partial charge in [0, 0.05) is 18.7 Å². The van der Waals surface area contributed by atoms with Crippen molar-refractivity contribution < 1.29 is 12.8 Å². The number of sulfonamides is 1. The fraction of sp³-hybridized carbons (Fsp3) is 0.286. The number of hydrogen-bond acceptors (Lipinski definition) is 4. The van der Waals surface area contributed by atoms with Crippen LogP contribution in [0.2, 0.25) is 0 Å². The third-order valence-electron chi connectivity index (χ3n) is 2.86. The molecule has 0 radical (unpaired) electrons. The second-order valence-corrected chi connectivity index (χ2v) is 6.15. The van der Waals surface area contributed by atoms with Crippen LogP contribution in [0, 0.1) is 0 Å². The quantitative estimate of drug-likeness (QED) is 0.818. The number of hydrogen-bond donors (Lipinski definition) is 2. The Balaban J connectivity index is 2.01. The molecule has 0 aliphatic rings. The summed E-state index contributed by atoms with van der Waals surface area (Å²) in [7, 11) is -3.49. The number of furan rings is 1. The lowest BCUT2D eigenvalue weighted by Gasteiger charge is -2.07. The molecular formula is C14H18N2O3S. The molecule has 0 aliphatic heterocycles. The molecule has 2 N–H and O–H groups in total. The van der Waals surface area contributed by atoms with Crippen molar-refractivity contribution in [2.45, 2.75) is 24.9 Å². The lowest BCUT2D eigenvalue weighted by Crippen LogP contribution is -2.23. The van der Waals surface area contributed by atoms with E-state index in [9.17, 15) is 8.42 Å². The van der Waals surface area contributed by atoms with Gasteiger partial charge in [-0.1, -0.05) is 19.1 Å². The summed E-state index contributed by atoms with van der Waals surface area (Å²) in [6.45, 7) is 3.86. The van der Waals surface area contributed by atoms with Gasteiger partial charge in [-0.25, -0.2) is 13.1 Å². The van der Waals surface area contributed by atoms with Crippen LogP contribution in [0.25, 0.3) is 0 Å². The van der Waals surface area contributed by atoms with Gasteiger partial charge in [-0.15, -0.1) is 0 Å². The van der Waals surface area contributed by atoms with Crippen LogP contribution >= 0.6 is 0 Å². The van der Waals surface area contributed by atoms with Crippen molar-refractivity contribution in [3.63, 3.8) is 0 Å². The molecule has 20 heavy (non-hydrogen) atoms. The van der Waals surface area contributed by atoms with Crippen molar-refractivity contribution in [3.05, 3.63) is 54.0 Å². The van der Waals surface area contributed by atoms with Crippen molar-refractivity contribution in [1.29, 1.82) is 0 Å². The van der Waals surface area contributed by atoms with Crippen LogP contribution in [0.5, 0.6) is 0 Å². The van der Waals surface area contributed by atoms with Gasteiger partial charge < -0.3 is 9.73 Å². The van der Waals surface area contributed by atoms with Gasteiger partial charge in [0.25, 0.3) is 0 Å². The average Bonchev–Trinajstić information content (AvgIpc) is 2.97. The van der Waals surface area contributed by atoms with Crippen molar-refractivity contribution in [3.8, 4) is 0 Å². The zero-order valence-electron chi connectivity index (χ0n) is 11.3. The molecule has 0 bridgehead atoms. The SMILES string of the molecule is CCNCc1ccc(S(=O)(=O)NCc2ccoc2)cc1. The number of benzene rings is 1. The first-order valence-electron chi connectivity index (χ1n) is 6.42. The van der Waals surface area contributed by atoms with Crippen molar-refractivity contribution >= 4 is 10.0 Å². The summed E-state index contributed by atoms with van der Waals surface area (Å²) in [6.07, 6.45) is 3.03. The lowest BCUT2D eigenvalue weighted by atomic mass is 10.2. The van der Waals surface area contributed by atoms with E-state index in [2.05, 4.69) is 10.0 Å². The lowest BCUT2D eigenvalue weighted by molar-refractivity contribution is 0.561. The third kappa shape index (κ3) is 3.93. The summed E-state index contributed by atoms with van der Waals surface area (Å²) in [5, 5.41) is 3.19. The van der Waals surface area contributed by atoms with Gasteiger partial charge in [0.2, 0.25) is 10.0 Å². The molecule has 0 amide bonds. The monoisotopic (exact) mass is 294 g/mol. The predicted molar refractivity (Wildman–Crippen MR) is 76.6 cm³/mol. The summed E-state index contributed by atoms with van der Waals surface area (Å²) in [6, 6.07) is 8.58. The molecule has 1 heterocycles. The highest BCUT2D eigenvalue weighted by Gasteiger charge is 2.13. The Bertz CT molecular complexity index is 619. The normalized spacial score (nSPS) is 11.7. The van der Waals surface area contributed by atoms with Crippen LogP contribution in [0.3, 0.4) is 0 Å². The minimum atomic E-state index is -3.49. The molecule has 0 atom stereocenters. The topological polar surface area (TPSA) is 71.3 Å².